The summed E-state index contributed by atoms with van der Waals surface area (Å²) < 4.78 is 32.6. The molecule has 0 saturated heterocycles. The van der Waals surface area contributed by atoms with Gasteiger partial charge < -0.3 is 14.8 Å². The predicted octanol–water partition coefficient (Wildman–Crippen LogP) is 1.14. The van der Waals surface area contributed by atoms with E-state index in [-0.39, 0.29) is 37.0 Å². The molecule has 1 aromatic heterocycles. The second-order valence-electron chi connectivity index (χ2n) is 5.07. The standard InChI is InChI=1S/C16H18N2O6S2/c17-26(21,22)13-5-3-12(4-6-13)23-9-10-24-15(19)7-8-18-16(20)14-2-1-11-25-14/h1-6,11H,7-10H2,(H,18,20)(H2,17,21,22). The first-order valence-electron chi connectivity index (χ1n) is 7.59. The minimum atomic E-state index is -3.74. The molecule has 3 N–H and O–H groups in total. The quantitative estimate of drug-likeness (QED) is 0.482. The summed E-state index contributed by atoms with van der Waals surface area (Å²) in [6.07, 6.45) is 0.0557. The Balaban J connectivity index is 1.60. The first kappa shape index (κ1) is 19.9. The molecule has 26 heavy (non-hydrogen) atoms. The second kappa shape index (κ2) is 9.32. The van der Waals surface area contributed by atoms with Crippen molar-refractivity contribution in [3.8, 4) is 5.75 Å². The Hall–Kier alpha value is -2.43. The average molecular weight is 398 g/mol. The van der Waals surface area contributed by atoms with Crippen LogP contribution in [0, 0.1) is 0 Å². The Kier molecular flexibility index (Phi) is 7.13. The largest absolute Gasteiger partial charge is 0.490 e. The number of hydrogen-bond donors (Lipinski definition) is 2. The maximum atomic E-state index is 11.7. The van der Waals surface area contributed by atoms with Gasteiger partial charge in [0.2, 0.25) is 10.0 Å². The Bertz CT molecular complexity index is 832. The van der Waals surface area contributed by atoms with Gasteiger partial charge in [-0.2, -0.15) is 0 Å². The third kappa shape index (κ3) is 6.47. The summed E-state index contributed by atoms with van der Waals surface area (Å²) in [6, 6.07) is 9.05. The molecule has 0 saturated carbocycles. The van der Waals surface area contributed by atoms with Crippen LogP contribution in [0.1, 0.15) is 16.1 Å². The van der Waals surface area contributed by atoms with E-state index in [0.29, 0.717) is 10.6 Å². The highest BCUT2D eigenvalue weighted by atomic mass is 32.2. The van der Waals surface area contributed by atoms with Gasteiger partial charge in [0.15, 0.2) is 0 Å². The van der Waals surface area contributed by atoms with Crippen molar-refractivity contribution >= 4 is 33.2 Å². The predicted molar refractivity (Wildman–Crippen MR) is 95.5 cm³/mol. The van der Waals surface area contributed by atoms with Crippen LogP contribution in [0.4, 0.5) is 0 Å². The van der Waals surface area contributed by atoms with Crippen molar-refractivity contribution in [3.63, 3.8) is 0 Å². The minimum absolute atomic E-state index is 0.0131. The molecule has 1 aromatic carbocycles. The van der Waals surface area contributed by atoms with Crippen LogP contribution in [0.15, 0.2) is 46.7 Å². The van der Waals surface area contributed by atoms with E-state index in [4.69, 9.17) is 14.6 Å². The lowest BCUT2D eigenvalue weighted by Crippen LogP contribution is -2.26. The minimum Gasteiger partial charge on any atom is -0.490 e. The Labute approximate surface area is 155 Å². The lowest BCUT2D eigenvalue weighted by molar-refractivity contribution is -0.144. The average Bonchev–Trinajstić information content (AvgIpc) is 3.13. The van der Waals surface area contributed by atoms with E-state index in [0.717, 1.165) is 0 Å². The number of thiophene rings is 1. The molecular weight excluding hydrogens is 380 g/mol. The van der Waals surface area contributed by atoms with Crippen LogP contribution in [0.2, 0.25) is 0 Å². The lowest BCUT2D eigenvalue weighted by Gasteiger charge is -2.08. The van der Waals surface area contributed by atoms with Crippen LogP contribution >= 0.6 is 11.3 Å². The maximum absolute atomic E-state index is 11.7. The molecule has 1 heterocycles. The molecule has 0 aliphatic carbocycles. The zero-order chi connectivity index (χ0) is 19.0. The number of esters is 1. The highest BCUT2D eigenvalue weighted by Crippen LogP contribution is 2.14. The van der Waals surface area contributed by atoms with Gasteiger partial charge in [0.25, 0.3) is 5.91 Å². The van der Waals surface area contributed by atoms with Gasteiger partial charge in [-0.05, 0) is 35.7 Å². The number of rotatable bonds is 9. The number of nitrogens with one attached hydrogen (secondary N) is 1. The molecule has 1 amide bonds. The molecule has 0 unspecified atom stereocenters. The molecule has 0 radical (unpaired) electrons. The molecule has 10 heteroatoms. The number of amides is 1. The SMILES string of the molecule is NS(=O)(=O)c1ccc(OCCOC(=O)CCNC(=O)c2cccs2)cc1. The monoisotopic (exact) mass is 398 g/mol. The van der Waals surface area contributed by atoms with Gasteiger partial charge in [0.1, 0.15) is 19.0 Å². The number of hydrogen-bond acceptors (Lipinski definition) is 7. The third-order valence-electron chi connectivity index (χ3n) is 3.13. The number of benzene rings is 1. The summed E-state index contributed by atoms with van der Waals surface area (Å²) >= 11 is 1.32. The van der Waals surface area contributed by atoms with Crippen LogP contribution in [0.25, 0.3) is 0 Å². The molecule has 0 atom stereocenters. The van der Waals surface area contributed by atoms with Gasteiger partial charge in [0.05, 0.1) is 16.2 Å². The Morgan fingerprint density at radius 2 is 1.85 bits per heavy atom. The summed E-state index contributed by atoms with van der Waals surface area (Å²) in [5.41, 5.74) is 0. The molecule has 0 spiro atoms. The molecule has 0 fully saturated rings. The van der Waals surface area contributed by atoms with Crippen molar-refractivity contribution in [1.29, 1.82) is 0 Å². The van der Waals surface area contributed by atoms with Crippen LogP contribution in [-0.2, 0) is 19.6 Å². The van der Waals surface area contributed by atoms with Crippen molar-refractivity contribution in [2.75, 3.05) is 19.8 Å². The fourth-order valence-electron chi connectivity index (χ4n) is 1.89. The van der Waals surface area contributed by atoms with E-state index in [2.05, 4.69) is 5.32 Å². The van der Waals surface area contributed by atoms with Crippen LogP contribution in [0.3, 0.4) is 0 Å². The summed E-state index contributed by atoms with van der Waals surface area (Å²) in [5, 5.41) is 9.42. The van der Waals surface area contributed by atoms with Crippen LogP contribution in [0.5, 0.6) is 5.75 Å². The number of sulfonamides is 1. The molecule has 2 rings (SSSR count). The molecule has 8 nitrogen and oxygen atoms in total. The van der Waals surface area contributed by atoms with E-state index >= 15 is 0 Å². The number of nitrogens with two attached hydrogens (primary N) is 1. The van der Waals surface area contributed by atoms with Crippen molar-refractivity contribution in [2.24, 2.45) is 5.14 Å². The van der Waals surface area contributed by atoms with Gasteiger partial charge >= 0.3 is 5.97 Å². The Morgan fingerprint density at radius 1 is 1.12 bits per heavy atom. The first-order valence-corrected chi connectivity index (χ1v) is 10.0. The number of carbonyl (C=O) groups is 2. The Morgan fingerprint density at radius 3 is 2.46 bits per heavy atom. The van der Waals surface area contributed by atoms with Gasteiger partial charge in [-0.25, -0.2) is 13.6 Å². The topological polar surface area (TPSA) is 125 Å². The van der Waals surface area contributed by atoms with Crippen LogP contribution < -0.4 is 15.2 Å². The zero-order valence-corrected chi connectivity index (χ0v) is 15.3. The maximum Gasteiger partial charge on any atom is 0.307 e. The lowest BCUT2D eigenvalue weighted by atomic mass is 10.3. The van der Waals surface area contributed by atoms with Crippen molar-refractivity contribution < 1.29 is 27.5 Å². The van der Waals surface area contributed by atoms with Gasteiger partial charge in [0, 0.05) is 6.54 Å². The molecule has 140 valence electrons. The summed E-state index contributed by atoms with van der Waals surface area (Å²) in [6.45, 7) is 0.335. The van der Waals surface area contributed by atoms with E-state index in [1.165, 1.54) is 35.6 Å². The van der Waals surface area contributed by atoms with E-state index < -0.39 is 16.0 Å². The van der Waals surface area contributed by atoms with Crippen molar-refractivity contribution in [3.05, 3.63) is 46.7 Å². The zero-order valence-electron chi connectivity index (χ0n) is 13.7. The molecular formula is C16H18N2O6S2. The highest BCUT2D eigenvalue weighted by molar-refractivity contribution is 7.89. The van der Waals surface area contributed by atoms with Crippen molar-refractivity contribution in [1.82, 2.24) is 5.32 Å². The second-order valence-corrected chi connectivity index (χ2v) is 7.58. The number of primary sulfonamides is 1. The van der Waals surface area contributed by atoms with Gasteiger partial charge in [-0.3, -0.25) is 9.59 Å². The van der Waals surface area contributed by atoms with Crippen molar-refractivity contribution in [2.45, 2.75) is 11.3 Å². The smallest absolute Gasteiger partial charge is 0.307 e. The van der Waals surface area contributed by atoms with E-state index in [9.17, 15) is 18.0 Å². The van der Waals surface area contributed by atoms with Gasteiger partial charge in [-0.1, -0.05) is 6.07 Å². The number of ether oxygens (including phenoxy) is 2. The summed E-state index contributed by atoms with van der Waals surface area (Å²) in [7, 11) is -3.74. The first-order chi connectivity index (χ1) is 12.4. The van der Waals surface area contributed by atoms with Gasteiger partial charge in [-0.15, -0.1) is 11.3 Å². The summed E-state index contributed by atoms with van der Waals surface area (Å²) in [4.78, 5) is 23.8. The third-order valence-corrected chi connectivity index (χ3v) is 4.92. The molecule has 0 bridgehead atoms. The summed E-state index contributed by atoms with van der Waals surface area (Å²) in [5.74, 6) is -0.250. The molecule has 0 aliphatic rings. The fourth-order valence-corrected chi connectivity index (χ4v) is 3.04. The van der Waals surface area contributed by atoms with E-state index in [1.54, 1.807) is 17.5 Å². The molecule has 0 aliphatic heterocycles. The normalized spacial score (nSPS) is 11.0. The van der Waals surface area contributed by atoms with Crippen LogP contribution in [-0.4, -0.2) is 40.1 Å². The fraction of sp³-hybridized carbons (Fsp3) is 0.250. The highest BCUT2D eigenvalue weighted by Gasteiger charge is 2.09. The van der Waals surface area contributed by atoms with E-state index in [1.807, 2.05) is 0 Å². The molecule has 2 aromatic rings. The number of carbonyl (C=O) groups excluding carboxylic acids is 2.